The molecule has 0 saturated heterocycles. The van der Waals surface area contributed by atoms with Crippen molar-refractivity contribution < 1.29 is 4.42 Å². The van der Waals surface area contributed by atoms with Gasteiger partial charge in [-0.1, -0.05) is 30.3 Å². The molecule has 2 heterocycles. The van der Waals surface area contributed by atoms with Crippen LogP contribution in [-0.2, 0) is 0 Å². The minimum absolute atomic E-state index is 0.706. The van der Waals surface area contributed by atoms with Crippen molar-refractivity contribution in [1.82, 2.24) is 9.97 Å². The molecule has 3 aromatic carbocycles. The molecule has 0 aliphatic heterocycles. The predicted molar refractivity (Wildman–Crippen MR) is 109 cm³/mol. The van der Waals surface area contributed by atoms with Crippen molar-refractivity contribution in [2.45, 2.75) is 0 Å². The molecule has 5 heteroatoms. The molecule has 0 saturated carbocycles. The molecule has 0 spiro atoms. The van der Waals surface area contributed by atoms with Crippen LogP contribution in [0.4, 0.5) is 17.2 Å². The van der Waals surface area contributed by atoms with Crippen LogP contribution in [0.2, 0.25) is 0 Å². The largest absolute Gasteiger partial charge is 0.455 e. The second-order valence-electron chi connectivity index (χ2n) is 6.32. The minimum atomic E-state index is 0.706. The molecule has 0 aliphatic carbocycles. The first-order valence-corrected chi connectivity index (χ1v) is 8.63. The molecule has 0 amide bonds. The maximum absolute atomic E-state index is 6.11. The van der Waals surface area contributed by atoms with Crippen LogP contribution in [0.1, 0.15) is 0 Å². The Balaban J connectivity index is 1.59. The zero-order valence-electron chi connectivity index (χ0n) is 14.4. The molecule has 3 N–H and O–H groups in total. The summed E-state index contributed by atoms with van der Waals surface area (Å²) in [5.41, 5.74) is 10.8. The Hall–Kier alpha value is -3.86. The van der Waals surface area contributed by atoms with Gasteiger partial charge in [-0.05, 0) is 36.4 Å². The molecule has 0 atom stereocenters. The number of nitrogens with two attached hydrogens (primary N) is 1. The molecule has 130 valence electrons. The van der Waals surface area contributed by atoms with E-state index >= 15 is 0 Å². The first-order chi connectivity index (χ1) is 13.3. The monoisotopic (exact) mass is 352 g/mol. The number of hydrogen-bond acceptors (Lipinski definition) is 5. The molecule has 5 aromatic rings. The van der Waals surface area contributed by atoms with Gasteiger partial charge in [0.15, 0.2) is 0 Å². The zero-order chi connectivity index (χ0) is 18.2. The van der Waals surface area contributed by atoms with Crippen molar-refractivity contribution in [2.75, 3.05) is 11.1 Å². The van der Waals surface area contributed by atoms with Crippen molar-refractivity contribution in [3.63, 3.8) is 0 Å². The van der Waals surface area contributed by atoms with Crippen molar-refractivity contribution in [2.24, 2.45) is 0 Å². The summed E-state index contributed by atoms with van der Waals surface area (Å²) >= 11 is 0. The molecule has 5 rings (SSSR count). The Bertz CT molecular complexity index is 1260. The fourth-order valence-corrected chi connectivity index (χ4v) is 3.24. The van der Waals surface area contributed by atoms with E-state index in [1.165, 1.54) is 0 Å². The standard InChI is InChI=1S/C22H16N4O/c23-14-8-10-15(11-9-14)26-21-12-19(24-13-25-21)18-6-3-5-17-16-4-1-2-7-20(16)27-22(17)18/h1-13H,23H2,(H,24,25,26). The normalized spacial score (nSPS) is 11.1. The third-order valence-corrected chi connectivity index (χ3v) is 4.53. The van der Waals surface area contributed by atoms with E-state index in [1.807, 2.05) is 60.7 Å². The minimum Gasteiger partial charge on any atom is -0.455 e. The van der Waals surface area contributed by atoms with E-state index < -0.39 is 0 Å². The molecule has 0 aliphatic rings. The van der Waals surface area contributed by atoms with Gasteiger partial charge in [0.05, 0.1) is 5.69 Å². The number of benzene rings is 3. The summed E-state index contributed by atoms with van der Waals surface area (Å²) < 4.78 is 6.11. The fourth-order valence-electron chi connectivity index (χ4n) is 3.24. The van der Waals surface area contributed by atoms with E-state index in [-0.39, 0.29) is 0 Å². The van der Waals surface area contributed by atoms with Crippen molar-refractivity contribution in [1.29, 1.82) is 0 Å². The number of nitrogen functional groups attached to an aromatic ring is 1. The molecule has 0 fully saturated rings. The molecular formula is C22H16N4O. The Kier molecular flexibility index (Phi) is 3.50. The second kappa shape index (κ2) is 6.14. The quantitative estimate of drug-likeness (QED) is 0.427. The first kappa shape index (κ1) is 15.4. The Morgan fingerprint density at radius 1 is 0.815 bits per heavy atom. The maximum Gasteiger partial charge on any atom is 0.144 e. The summed E-state index contributed by atoms with van der Waals surface area (Å²) in [6.07, 6.45) is 1.55. The number of aromatic nitrogens is 2. The van der Waals surface area contributed by atoms with E-state index in [2.05, 4.69) is 27.4 Å². The Morgan fingerprint density at radius 2 is 1.63 bits per heavy atom. The molecule has 27 heavy (non-hydrogen) atoms. The van der Waals surface area contributed by atoms with Crippen LogP contribution in [0.25, 0.3) is 33.2 Å². The van der Waals surface area contributed by atoms with Crippen LogP contribution in [0.3, 0.4) is 0 Å². The number of furan rings is 1. The average molecular weight is 352 g/mol. The topological polar surface area (TPSA) is 77.0 Å². The highest BCUT2D eigenvalue weighted by Gasteiger charge is 2.13. The molecule has 0 unspecified atom stereocenters. The number of rotatable bonds is 3. The van der Waals surface area contributed by atoms with E-state index in [1.54, 1.807) is 6.33 Å². The van der Waals surface area contributed by atoms with Gasteiger partial charge in [-0.15, -0.1) is 0 Å². The van der Waals surface area contributed by atoms with Gasteiger partial charge in [0.1, 0.15) is 23.3 Å². The van der Waals surface area contributed by atoms with E-state index in [0.717, 1.165) is 44.6 Å². The van der Waals surface area contributed by atoms with Gasteiger partial charge in [0.2, 0.25) is 0 Å². The number of nitrogens with one attached hydrogen (secondary N) is 1. The van der Waals surface area contributed by atoms with Crippen LogP contribution in [-0.4, -0.2) is 9.97 Å². The summed E-state index contributed by atoms with van der Waals surface area (Å²) in [7, 11) is 0. The highest BCUT2D eigenvalue weighted by molar-refractivity contribution is 6.09. The molecular weight excluding hydrogens is 336 g/mol. The van der Waals surface area contributed by atoms with Gasteiger partial charge in [0.25, 0.3) is 0 Å². The molecule has 0 bridgehead atoms. The van der Waals surface area contributed by atoms with Gasteiger partial charge in [-0.3, -0.25) is 0 Å². The third kappa shape index (κ3) is 2.75. The zero-order valence-corrected chi connectivity index (χ0v) is 14.4. The SMILES string of the molecule is Nc1ccc(Nc2cc(-c3cccc4c3oc3ccccc34)ncn2)cc1. The fraction of sp³-hybridized carbons (Fsp3) is 0. The lowest BCUT2D eigenvalue weighted by atomic mass is 10.1. The van der Waals surface area contributed by atoms with Crippen LogP contribution in [0.5, 0.6) is 0 Å². The summed E-state index contributed by atoms with van der Waals surface area (Å²) in [5, 5.41) is 5.46. The summed E-state index contributed by atoms with van der Waals surface area (Å²) in [5.74, 6) is 0.706. The lowest BCUT2D eigenvalue weighted by Crippen LogP contribution is -1.96. The number of fused-ring (bicyclic) bond motifs is 3. The number of nitrogens with zero attached hydrogens (tertiary/aromatic N) is 2. The number of anilines is 3. The number of para-hydroxylation sites is 2. The average Bonchev–Trinajstić information content (AvgIpc) is 3.09. The molecule has 5 nitrogen and oxygen atoms in total. The summed E-state index contributed by atoms with van der Waals surface area (Å²) in [4.78, 5) is 8.78. The van der Waals surface area contributed by atoms with E-state index in [4.69, 9.17) is 10.2 Å². The van der Waals surface area contributed by atoms with Crippen molar-refractivity contribution in [3.05, 3.63) is 79.1 Å². The Morgan fingerprint density at radius 3 is 2.52 bits per heavy atom. The van der Waals surface area contributed by atoms with E-state index in [0.29, 0.717) is 5.82 Å². The van der Waals surface area contributed by atoms with Crippen LogP contribution >= 0.6 is 0 Å². The lowest BCUT2D eigenvalue weighted by Gasteiger charge is -2.07. The van der Waals surface area contributed by atoms with Gasteiger partial charge >= 0.3 is 0 Å². The van der Waals surface area contributed by atoms with Gasteiger partial charge in [-0.25, -0.2) is 9.97 Å². The van der Waals surface area contributed by atoms with Crippen molar-refractivity contribution >= 4 is 39.1 Å². The lowest BCUT2D eigenvalue weighted by molar-refractivity contribution is 0.670. The smallest absolute Gasteiger partial charge is 0.144 e. The van der Waals surface area contributed by atoms with Gasteiger partial charge in [0, 0.05) is 33.8 Å². The number of hydrogen-bond donors (Lipinski definition) is 2. The first-order valence-electron chi connectivity index (χ1n) is 8.63. The van der Waals surface area contributed by atoms with Crippen LogP contribution < -0.4 is 11.1 Å². The van der Waals surface area contributed by atoms with Gasteiger partial charge < -0.3 is 15.5 Å². The maximum atomic E-state index is 6.11. The van der Waals surface area contributed by atoms with E-state index in [9.17, 15) is 0 Å². The van der Waals surface area contributed by atoms with Crippen LogP contribution in [0, 0.1) is 0 Å². The predicted octanol–water partition coefficient (Wildman–Crippen LogP) is 5.37. The Labute approximate surface area is 155 Å². The highest BCUT2D eigenvalue weighted by Crippen LogP contribution is 2.35. The van der Waals surface area contributed by atoms with Gasteiger partial charge in [-0.2, -0.15) is 0 Å². The third-order valence-electron chi connectivity index (χ3n) is 4.53. The molecule has 2 aromatic heterocycles. The second-order valence-corrected chi connectivity index (χ2v) is 6.32. The van der Waals surface area contributed by atoms with Crippen LogP contribution in [0.15, 0.2) is 83.5 Å². The molecule has 0 radical (unpaired) electrons. The summed E-state index contributed by atoms with van der Waals surface area (Å²) in [6, 6.07) is 23.6. The van der Waals surface area contributed by atoms with Crippen molar-refractivity contribution in [3.8, 4) is 11.3 Å². The summed E-state index contributed by atoms with van der Waals surface area (Å²) in [6.45, 7) is 0. The highest BCUT2D eigenvalue weighted by atomic mass is 16.3.